The van der Waals surface area contributed by atoms with Gasteiger partial charge in [0.05, 0.1) is 18.2 Å². The summed E-state index contributed by atoms with van der Waals surface area (Å²) in [7, 11) is 1.64. The van der Waals surface area contributed by atoms with Crippen LogP contribution < -0.4 is 14.8 Å². The lowest BCUT2D eigenvalue weighted by molar-refractivity contribution is 0.0939. The molecule has 1 amide bonds. The zero-order valence-corrected chi connectivity index (χ0v) is 18.4. The van der Waals surface area contributed by atoms with Crippen LogP contribution in [0.2, 0.25) is 0 Å². The third kappa shape index (κ3) is 3.83. The van der Waals surface area contributed by atoms with E-state index in [0.29, 0.717) is 6.04 Å². The van der Waals surface area contributed by atoms with Crippen molar-refractivity contribution in [3.05, 3.63) is 59.1 Å². The lowest BCUT2D eigenvalue weighted by Gasteiger charge is -2.12. The molecule has 31 heavy (non-hydrogen) atoms. The Hall–Kier alpha value is -3.12. The Kier molecular flexibility index (Phi) is 5.24. The molecule has 2 aromatic heterocycles. The molecule has 1 N–H and O–H groups in total. The summed E-state index contributed by atoms with van der Waals surface area (Å²) in [6.07, 6.45) is 6.29. The molecule has 0 radical (unpaired) electrons. The summed E-state index contributed by atoms with van der Waals surface area (Å²) in [5, 5.41) is 5.12. The van der Waals surface area contributed by atoms with Crippen molar-refractivity contribution in [3.63, 3.8) is 0 Å². The monoisotopic (exact) mass is 432 g/mol. The Balaban J connectivity index is 1.44. The van der Waals surface area contributed by atoms with Crippen LogP contribution in [0, 0.1) is 6.92 Å². The highest BCUT2D eigenvalue weighted by Crippen LogP contribution is 2.36. The first-order valence-electron chi connectivity index (χ1n) is 10.6. The van der Waals surface area contributed by atoms with Gasteiger partial charge in [-0.3, -0.25) is 9.78 Å². The number of carbonyl (C=O) groups excluding carboxylic acids is 1. The number of fused-ring (bicyclic) bond motifs is 2. The normalized spacial score (nSPS) is 14.3. The van der Waals surface area contributed by atoms with Gasteiger partial charge < -0.3 is 14.8 Å². The molecule has 1 aliphatic rings. The number of rotatable bonds is 5. The molecule has 0 bridgehead atoms. The van der Waals surface area contributed by atoms with Crippen LogP contribution in [0.5, 0.6) is 17.2 Å². The van der Waals surface area contributed by atoms with Gasteiger partial charge in [0.25, 0.3) is 5.91 Å². The lowest BCUT2D eigenvalue weighted by atomic mass is 10.1. The van der Waals surface area contributed by atoms with Gasteiger partial charge in [0.1, 0.15) is 17.2 Å². The van der Waals surface area contributed by atoms with E-state index in [4.69, 9.17) is 9.47 Å². The van der Waals surface area contributed by atoms with E-state index in [1.165, 1.54) is 12.8 Å². The molecule has 0 unspecified atom stereocenters. The molecule has 158 valence electrons. The maximum absolute atomic E-state index is 12.9. The van der Waals surface area contributed by atoms with Crippen LogP contribution in [0.25, 0.3) is 21.0 Å². The van der Waals surface area contributed by atoms with Gasteiger partial charge in [-0.1, -0.05) is 12.8 Å². The van der Waals surface area contributed by atoms with Crippen molar-refractivity contribution in [2.75, 3.05) is 7.11 Å². The van der Waals surface area contributed by atoms with Crippen molar-refractivity contribution in [1.82, 2.24) is 10.3 Å². The molecule has 0 atom stereocenters. The number of nitrogens with one attached hydrogen (secondary N) is 1. The minimum Gasteiger partial charge on any atom is -0.497 e. The number of nitrogens with zero attached hydrogens (tertiary/aromatic N) is 1. The molecule has 1 fully saturated rings. The summed E-state index contributed by atoms with van der Waals surface area (Å²) in [6.45, 7) is 2.01. The van der Waals surface area contributed by atoms with Crippen molar-refractivity contribution in [1.29, 1.82) is 0 Å². The molecule has 0 aliphatic heterocycles. The van der Waals surface area contributed by atoms with Crippen LogP contribution in [0.1, 0.15) is 40.9 Å². The predicted molar refractivity (Wildman–Crippen MR) is 125 cm³/mol. The summed E-state index contributed by atoms with van der Waals surface area (Å²) in [4.78, 5) is 18.4. The Morgan fingerprint density at radius 2 is 1.84 bits per heavy atom. The highest BCUT2D eigenvalue weighted by molar-refractivity contribution is 7.19. The maximum Gasteiger partial charge on any atom is 0.253 e. The molecule has 0 spiro atoms. The second kappa shape index (κ2) is 8.19. The maximum atomic E-state index is 12.9. The van der Waals surface area contributed by atoms with E-state index in [1.807, 2.05) is 49.4 Å². The number of pyridine rings is 1. The molecule has 5 rings (SSSR count). The van der Waals surface area contributed by atoms with Gasteiger partial charge in [-0.25, -0.2) is 0 Å². The molecule has 2 aromatic carbocycles. The average molecular weight is 433 g/mol. The van der Waals surface area contributed by atoms with E-state index in [1.54, 1.807) is 24.6 Å². The quantitative estimate of drug-likeness (QED) is 0.406. The molecule has 6 heteroatoms. The number of amides is 1. The SMILES string of the molecule is COc1ccc2c(Oc3ccc4c(C(=O)NC5CCCC5)c(C)sc4c3)ccnc2c1. The second-order valence-corrected chi connectivity index (χ2v) is 9.20. The van der Waals surface area contributed by atoms with Crippen LogP contribution in [0.4, 0.5) is 0 Å². The number of methoxy groups -OCH3 is 1. The fourth-order valence-corrected chi connectivity index (χ4v) is 5.41. The lowest BCUT2D eigenvalue weighted by Crippen LogP contribution is -2.32. The van der Waals surface area contributed by atoms with Crippen LogP contribution in [0.15, 0.2) is 48.7 Å². The van der Waals surface area contributed by atoms with Gasteiger partial charge in [-0.15, -0.1) is 11.3 Å². The van der Waals surface area contributed by atoms with Crippen LogP contribution in [-0.4, -0.2) is 24.0 Å². The average Bonchev–Trinajstić information content (AvgIpc) is 3.39. The predicted octanol–water partition coefficient (Wildman–Crippen LogP) is 6.23. The Labute approximate surface area is 185 Å². The number of carbonyl (C=O) groups is 1. The number of aryl methyl sites for hydroxylation is 1. The minimum atomic E-state index is 0.0402. The van der Waals surface area contributed by atoms with Gasteiger partial charge in [0.15, 0.2) is 0 Å². The van der Waals surface area contributed by atoms with Gasteiger partial charge in [0, 0.05) is 38.7 Å². The summed E-state index contributed by atoms with van der Waals surface area (Å²) >= 11 is 1.63. The molecule has 0 saturated heterocycles. The number of benzene rings is 2. The zero-order valence-electron chi connectivity index (χ0n) is 17.6. The number of hydrogen-bond donors (Lipinski definition) is 1. The number of ether oxygens (including phenoxy) is 2. The zero-order chi connectivity index (χ0) is 21.4. The van der Waals surface area contributed by atoms with Crippen molar-refractivity contribution in [3.8, 4) is 17.2 Å². The topological polar surface area (TPSA) is 60.5 Å². The van der Waals surface area contributed by atoms with Crippen molar-refractivity contribution < 1.29 is 14.3 Å². The first-order chi connectivity index (χ1) is 15.1. The Bertz CT molecular complexity index is 1270. The van der Waals surface area contributed by atoms with Gasteiger partial charge >= 0.3 is 0 Å². The summed E-state index contributed by atoms with van der Waals surface area (Å²) in [5.74, 6) is 2.27. The molecule has 2 heterocycles. The van der Waals surface area contributed by atoms with E-state index in [9.17, 15) is 4.79 Å². The standard InChI is InChI=1S/C25H24N2O3S/c1-15-24(25(28)27-16-5-3-4-6-16)20-10-8-18(14-23(20)31-15)30-22-11-12-26-21-13-17(29-2)7-9-19(21)22/h7-14,16H,3-6H2,1-2H3,(H,27,28). The van der Waals surface area contributed by atoms with Gasteiger partial charge in [-0.05, 0) is 56.2 Å². The first-order valence-corrected chi connectivity index (χ1v) is 11.4. The van der Waals surface area contributed by atoms with Gasteiger partial charge in [0.2, 0.25) is 0 Å². The molecule has 5 nitrogen and oxygen atoms in total. The van der Waals surface area contributed by atoms with Crippen molar-refractivity contribution in [2.24, 2.45) is 0 Å². The number of aromatic nitrogens is 1. The summed E-state index contributed by atoms with van der Waals surface area (Å²) in [5.41, 5.74) is 1.61. The van der Waals surface area contributed by atoms with Gasteiger partial charge in [-0.2, -0.15) is 0 Å². The summed E-state index contributed by atoms with van der Waals surface area (Å²) in [6, 6.07) is 13.8. The molecule has 4 aromatic rings. The van der Waals surface area contributed by atoms with Crippen LogP contribution in [0.3, 0.4) is 0 Å². The Morgan fingerprint density at radius 1 is 1.06 bits per heavy atom. The highest BCUT2D eigenvalue weighted by atomic mass is 32.1. The van der Waals surface area contributed by atoms with Crippen molar-refractivity contribution in [2.45, 2.75) is 38.6 Å². The smallest absolute Gasteiger partial charge is 0.253 e. The summed E-state index contributed by atoms with van der Waals surface area (Å²) < 4.78 is 12.6. The molecule has 1 aliphatic carbocycles. The van der Waals surface area contributed by atoms with E-state index in [0.717, 1.165) is 61.5 Å². The van der Waals surface area contributed by atoms with E-state index in [2.05, 4.69) is 10.3 Å². The van der Waals surface area contributed by atoms with Crippen molar-refractivity contribution >= 4 is 38.2 Å². The van der Waals surface area contributed by atoms with Crippen LogP contribution >= 0.6 is 11.3 Å². The third-order valence-corrected chi connectivity index (χ3v) is 6.96. The molecular formula is C25H24N2O3S. The highest BCUT2D eigenvalue weighted by Gasteiger charge is 2.22. The van der Waals surface area contributed by atoms with E-state index < -0.39 is 0 Å². The fourth-order valence-electron chi connectivity index (χ4n) is 4.32. The fraction of sp³-hybridized carbons (Fsp3) is 0.280. The Morgan fingerprint density at radius 3 is 2.65 bits per heavy atom. The van der Waals surface area contributed by atoms with E-state index >= 15 is 0 Å². The first kappa shape index (κ1) is 19.8. The number of hydrogen-bond acceptors (Lipinski definition) is 5. The van der Waals surface area contributed by atoms with Crippen LogP contribution in [-0.2, 0) is 0 Å². The number of thiophene rings is 1. The minimum absolute atomic E-state index is 0.0402. The molecule has 1 saturated carbocycles. The molecular weight excluding hydrogens is 408 g/mol. The largest absolute Gasteiger partial charge is 0.497 e. The third-order valence-electron chi connectivity index (χ3n) is 5.89. The second-order valence-electron chi connectivity index (χ2n) is 7.94. The van der Waals surface area contributed by atoms with E-state index in [-0.39, 0.29) is 5.91 Å².